The van der Waals surface area contributed by atoms with Crippen LogP contribution in [0.15, 0.2) is 54.6 Å². The molecule has 1 atom stereocenters. The maximum atomic E-state index is 5.86. The summed E-state index contributed by atoms with van der Waals surface area (Å²) in [6.45, 7) is 20.4. The van der Waals surface area contributed by atoms with Crippen molar-refractivity contribution in [2.75, 3.05) is 13.2 Å². The minimum absolute atomic E-state index is 0. The van der Waals surface area contributed by atoms with Gasteiger partial charge in [0.15, 0.2) is 0 Å². The molecule has 2 aromatic rings. The molecule has 2 rings (SSSR count). The summed E-state index contributed by atoms with van der Waals surface area (Å²) >= 11 is 5.86. The molecule has 0 fully saturated rings. The number of halogens is 1. The Morgan fingerprint density at radius 2 is 1.27 bits per heavy atom. The summed E-state index contributed by atoms with van der Waals surface area (Å²) in [5.74, 6) is 1.32. The van der Waals surface area contributed by atoms with Crippen LogP contribution in [0, 0.1) is 44.0 Å². The van der Waals surface area contributed by atoms with E-state index in [1.807, 2.05) is 18.2 Å². The number of hydrogen-bond acceptors (Lipinski definition) is 1. The van der Waals surface area contributed by atoms with Gasteiger partial charge in [-0.1, -0.05) is 141 Å². The Morgan fingerprint density at radius 1 is 0.758 bits per heavy atom. The molecule has 3 heteroatoms. The third-order valence-electron chi connectivity index (χ3n) is 4.80. The second-order valence-electron chi connectivity index (χ2n) is 8.33. The second kappa shape index (κ2) is 28.0. The third kappa shape index (κ3) is 24.7. The Labute approximate surface area is 235 Å². The van der Waals surface area contributed by atoms with Crippen LogP contribution in [0.25, 0.3) is 0 Å². The molecule has 0 spiro atoms. The van der Waals surface area contributed by atoms with Crippen LogP contribution in [-0.4, -0.2) is 13.2 Å². The van der Waals surface area contributed by atoms with Crippen molar-refractivity contribution < 1.29 is 35.9 Å². The van der Waals surface area contributed by atoms with Gasteiger partial charge in [0.1, 0.15) is 0 Å². The van der Waals surface area contributed by atoms with E-state index in [1.54, 1.807) is 0 Å². The van der Waals surface area contributed by atoms with Crippen LogP contribution >= 0.6 is 11.6 Å². The number of ether oxygens (including phenoxy) is 1. The van der Waals surface area contributed by atoms with E-state index in [2.05, 4.69) is 91.8 Å². The van der Waals surface area contributed by atoms with Gasteiger partial charge in [0.2, 0.25) is 0 Å². The first-order chi connectivity index (χ1) is 15.4. The largest absolute Gasteiger partial charge is 0.413 e. The average molecular weight is 700 g/mol. The molecule has 188 valence electrons. The number of benzene rings is 2. The average Bonchev–Trinajstić information content (AvgIpc) is 2.83. The van der Waals surface area contributed by atoms with Crippen molar-refractivity contribution in [2.24, 2.45) is 5.92 Å². The van der Waals surface area contributed by atoms with Gasteiger partial charge in [-0.05, 0) is 35.6 Å². The van der Waals surface area contributed by atoms with Crippen molar-refractivity contribution >= 4 is 11.6 Å². The summed E-state index contributed by atoms with van der Waals surface area (Å²) < 4.78 is 4.87. The number of unbranched alkanes of at least 4 members (excludes halogenated alkanes) is 2. The molecule has 0 aliphatic rings. The fraction of sp³-hybridized carbons (Fsp3) is 0.567. The van der Waals surface area contributed by atoms with Crippen molar-refractivity contribution in [3.8, 4) is 0 Å². The molecule has 0 aromatic heterocycles. The predicted octanol–water partition coefficient (Wildman–Crippen LogP) is 10.4. The summed E-state index contributed by atoms with van der Waals surface area (Å²) in [6.07, 6.45) is 7.88. The maximum absolute atomic E-state index is 5.86. The summed E-state index contributed by atoms with van der Waals surface area (Å²) in [5, 5.41) is 0.791. The van der Waals surface area contributed by atoms with Gasteiger partial charge in [-0.25, -0.2) is 0 Å². The first-order valence-electron chi connectivity index (χ1n) is 12.5. The van der Waals surface area contributed by atoms with Crippen LogP contribution in [0.3, 0.4) is 0 Å². The Bertz CT molecular complexity index is 592. The van der Waals surface area contributed by atoms with Gasteiger partial charge >= 0.3 is 0 Å². The molecule has 0 N–H and O–H groups in total. The molecular weight excluding hydrogens is 650 g/mol. The van der Waals surface area contributed by atoms with Crippen LogP contribution in [0.4, 0.5) is 0 Å². The van der Waals surface area contributed by atoms with Gasteiger partial charge in [0, 0.05) is 48.7 Å². The van der Waals surface area contributed by atoms with Crippen molar-refractivity contribution in [3.63, 3.8) is 0 Å². The summed E-state index contributed by atoms with van der Waals surface area (Å²) in [6, 6.07) is 18.5. The smallest absolute Gasteiger partial charge is 0.0427 e. The molecule has 0 bridgehead atoms. The third-order valence-corrected chi connectivity index (χ3v) is 5.05. The Balaban J connectivity index is -0.000000422. The van der Waals surface area contributed by atoms with Gasteiger partial charge in [-0.15, -0.1) is 0 Å². The summed E-state index contributed by atoms with van der Waals surface area (Å²) in [4.78, 5) is 0. The van der Waals surface area contributed by atoms with Crippen LogP contribution < -0.4 is 0 Å². The molecule has 2 aromatic carbocycles. The van der Waals surface area contributed by atoms with E-state index in [1.165, 1.54) is 43.2 Å². The Kier molecular flexibility index (Phi) is 31.6. The van der Waals surface area contributed by atoms with Crippen molar-refractivity contribution in [1.29, 1.82) is 0 Å². The van der Waals surface area contributed by atoms with Crippen molar-refractivity contribution in [3.05, 3.63) is 77.7 Å². The molecule has 1 unspecified atom stereocenters. The van der Waals surface area contributed by atoms with Crippen molar-refractivity contribution in [2.45, 2.75) is 92.9 Å². The molecule has 0 radical (unpaired) electrons. The molecule has 0 aliphatic heterocycles. The second-order valence-corrected chi connectivity index (χ2v) is 8.77. The first kappa shape index (κ1) is 37.3. The van der Waals surface area contributed by atoms with Crippen LogP contribution in [-0.2, 0) is 4.74 Å². The van der Waals surface area contributed by atoms with E-state index >= 15 is 0 Å². The topological polar surface area (TPSA) is 9.23 Å². The fourth-order valence-electron chi connectivity index (χ4n) is 2.54. The zero-order valence-electron chi connectivity index (χ0n) is 22.5. The van der Waals surface area contributed by atoms with Crippen LogP contribution in [0.5, 0.6) is 0 Å². The molecule has 0 saturated heterocycles. The van der Waals surface area contributed by atoms with Crippen LogP contribution in [0.2, 0.25) is 5.02 Å². The summed E-state index contributed by atoms with van der Waals surface area (Å²) in [7, 11) is 0. The summed E-state index contributed by atoms with van der Waals surface area (Å²) in [5.41, 5.74) is 2.63. The Morgan fingerprint density at radius 3 is 1.61 bits per heavy atom. The SMILES string of the molecule is CC(c1ccccc1)c1ccc(Cl)cc1.CCCC.CCCCC(C)C.[CH2-]COCCC.[U]. The molecule has 0 heterocycles. The van der Waals surface area contributed by atoms with Crippen LogP contribution in [0.1, 0.15) is 104 Å². The normalized spacial score (nSPS) is 10.4. The zero-order chi connectivity index (χ0) is 24.6. The monoisotopic (exact) mass is 699 g/mol. The quantitative estimate of drug-likeness (QED) is 0.187. The first-order valence-corrected chi connectivity index (χ1v) is 12.9. The Hall–Kier alpha value is -0.258. The number of hydrogen-bond donors (Lipinski definition) is 0. The van der Waals surface area contributed by atoms with Gasteiger partial charge in [0.25, 0.3) is 0 Å². The van der Waals surface area contributed by atoms with E-state index < -0.39 is 0 Å². The minimum atomic E-state index is 0. The molecule has 33 heavy (non-hydrogen) atoms. The molecule has 0 saturated carbocycles. The van der Waals surface area contributed by atoms with Gasteiger partial charge in [-0.2, -0.15) is 0 Å². The van der Waals surface area contributed by atoms with Gasteiger partial charge in [0.05, 0.1) is 0 Å². The predicted molar refractivity (Wildman–Crippen MR) is 147 cm³/mol. The molecular formula is C30H50ClOU-. The standard InChI is InChI=1S/C14H13Cl.C7H16.C5H11O.C4H10.U/c1-11(12-5-3-2-4-6-12)13-7-9-14(15)10-8-13;1-4-5-6-7(2)3;1-3-5-6-4-2;1-3-4-2;/h2-11H,1H3;7H,4-6H2,1-3H3;2-5H2,1H3;3-4H2,1-2H3;/q;;-1;;. The van der Waals surface area contributed by atoms with E-state index in [0.717, 1.165) is 24.0 Å². The van der Waals surface area contributed by atoms with E-state index in [0.29, 0.717) is 12.5 Å². The van der Waals surface area contributed by atoms with E-state index in [-0.39, 0.29) is 31.1 Å². The molecule has 0 aliphatic carbocycles. The van der Waals surface area contributed by atoms with Gasteiger partial charge < -0.3 is 11.7 Å². The fourth-order valence-corrected chi connectivity index (χ4v) is 2.67. The van der Waals surface area contributed by atoms with E-state index in [4.69, 9.17) is 16.3 Å². The van der Waals surface area contributed by atoms with E-state index in [9.17, 15) is 0 Å². The minimum Gasteiger partial charge on any atom is -0.413 e. The maximum Gasteiger partial charge on any atom is 0.0427 e. The zero-order valence-corrected chi connectivity index (χ0v) is 27.4. The molecule has 1 nitrogen and oxygen atoms in total. The van der Waals surface area contributed by atoms with Gasteiger partial charge in [-0.3, -0.25) is 0 Å². The van der Waals surface area contributed by atoms with Crippen molar-refractivity contribution in [1.82, 2.24) is 0 Å². The molecule has 0 amide bonds. The number of rotatable bonds is 9.